The summed E-state index contributed by atoms with van der Waals surface area (Å²) in [5.41, 5.74) is 6.19. The highest BCUT2D eigenvalue weighted by molar-refractivity contribution is 5.74. The van der Waals surface area contributed by atoms with Crippen molar-refractivity contribution in [3.05, 3.63) is 35.9 Å². The molecule has 0 aliphatic carbocycles. The molecule has 3 heteroatoms. The average molecular weight is 193 g/mol. The summed E-state index contributed by atoms with van der Waals surface area (Å²) in [6, 6.07) is 9.76. The molecule has 3 N–H and O–H groups in total. The van der Waals surface area contributed by atoms with Crippen LogP contribution in [-0.4, -0.2) is 17.6 Å². The summed E-state index contributed by atoms with van der Waals surface area (Å²) in [5, 5.41) is 9.03. The molecule has 1 amide bonds. The first kappa shape index (κ1) is 10.7. The minimum atomic E-state index is -0.361. The van der Waals surface area contributed by atoms with Crippen LogP contribution in [0.1, 0.15) is 12.0 Å². The topological polar surface area (TPSA) is 63.3 Å². The molecule has 0 aromatic heterocycles. The lowest BCUT2D eigenvalue weighted by Crippen LogP contribution is -2.20. The number of carbonyl (C=O) groups is 1. The number of hydrogen-bond acceptors (Lipinski definition) is 2. The summed E-state index contributed by atoms with van der Waals surface area (Å²) < 4.78 is 0. The van der Waals surface area contributed by atoms with E-state index < -0.39 is 0 Å². The predicted molar refractivity (Wildman–Crippen MR) is 54.5 cm³/mol. The molecular formula is C11H15NO2. The van der Waals surface area contributed by atoms with Crippen molar-refractivity contribution in [1.29, 1.82) is 0 Å². The highest BCUT2D eigenvalue weighted by Crippen LogP contribution is 2.11. The number of amides is 1. The summed E-state index contributed by atoms with van der Waals surface area (Å²) in [6.45, 7) is -0.00215. The number of benzene rings is 1. The summed E-state index contributed by atoms with van der Waals surface area (Å²) in [7, 11) is 0. The molecule has 0 saturated carbocycles. The zero-order valence-electron chi connectivity index (χ0n) is 8.02. The molecule has 76 valence electrons. The predicted octanol–water partition coefficient (Wildman–Crippen LogP) is 0.713. The fraction of sp³-hybridized carbons (Fsp3) is 0.364. The van der Waals surface area contributed by atoms with Gasteiger partial charge in [0.05, 0.1) is 0 Å². The Morgan fingerprint density at radius 1 is 1.36 bits per heavy atom. The van der Waals surface area contributed by atoms with Crippen LogP contribution in [0.25, 0.3) is 0 Å². The second kappa shape index (κ2) is 5.40. The first-order chi connectivity index (χ1) is 6.72. The number of aliphatic hydroxyl groups is 1. The fourth-order valence-corrected chi connectivity index (χ4v) is 1.43. The van der Waals surface area contributed by atoms with Gasteiger partial charge in [-0.15, -0.1) is 0 Å². The van der Waals surface area contributed by atoms with Crippen molar-refractivity contribution >= 4 is 5.91 Å². The van der Waals surface area contributed by atoms with E-state index in [0.717, 1.165) is 5.56 Å². The Balaban J connectivity index is 2.53. The summed E-state index contributed by atoms with van der Waals surface area (Å²) in [4.78, 5) is 10.7. The van der Waals surface area contributed by atoms with E-state index >= 15 is 0 Å². The second-order valence-corrected chi connectivity index (χ2v) is 3.41. The van der Waals surface area contributed by atoms with Crippen molar-refractivity contribution in [3.63, 3.8) is 0 Å². The molecule has 14 heavy (non-hydrogen) atoms. The minimum Gasteiger partial charge on any atom is -0.396 e. The highest BCUT2D eigenvalue weighted by Gasteiger charge is 2.11. The Hall–Kier alpha value is -1.35. The maximum absolute atomic E-state index is 10.7. The van der Waals surface area contributed by atoms with E-state index in [-0.39, 0.29) is 24.9 Å². The quantitative estimate of drug-likeness (QED) is 0.723. The van der Waals surface area contributed by atoms with Gasteiger partial charge in [-0.1, -0.05) is 30.3 Å². The van der Waals surface area contributed by atoms with Gasteiger partial charge in [0.1, 0.15) is 0 Å². The van der Waals surface area contributed by atoms with Crippen LogP contribution in [0.2, 0.25) is 0 Å². The Bertz CT molecular complexity index is 285. The van der Waals surface area contributed by atoms with Crippen LogP contribution in [0.15, 0.2) is 30.3 Å². The van der Waals surface area contributed by atoms with Gasteiger partial charge in [0.2, 0.25) is 5.91 Å². The maximum Gasteiger partial charge on any atom is 0.217 e. The molecule has 1 aromatic carbocycles. The number of aliphatic hydroxyl groups excluding tert-OH is 1. The largest absolute Gasteiger partial charge is 0.396 e. The van der Waals surface area contributed by atoms with Gasteiger partial charge in [0.15, 0.2) is 0 Å². The molecule has 0 radical (unpaired) electrons. The van der Waals surface area contributed by atoms with Crippen LogP contribution in [0, 0.1) is 5.92 Å². The third-order valence-electron chi connectivity index (χ3n) is 2.12. The monoisotopic (exact) mass is 193 g/mol. The molecule has 3 nitrogen and oxygen atoms in total. The molecule has 1 unspecified atom stereocenters. The Morgan fingerprint density at radius 3 is 2.50 bits per heavy atom. The lowest BCUT2D eigenvalue weighted by atomic mass is 9.97. The van der Waals surface area contributed by atoms with Gasteiger partial charge in [-0.3, -0.25) is 4.79 Å². The third kappa shape index (κ3) is 3.58. The van der Waals surface area contributed by atoms with Crippen LogP contribution in [0.3, 0.4) is 0 Å². The fourth-order valence-electron chi connectivity index (χ4n) is 1.43. The lowest BCUT2D eigenvalue weighted by Gasteiger charge is -2.11. The zero-order chi connectivity index (χ0) is 10.4. The van der Waals surface area contributed by atoms with Gasteiger partial charge < -0.3 is 10.8 Å². The molecule has 0 fully saturated rings. The molecule has 0 bridgehead atoms. The molecule has 0 aliphatic heterocycles. The van der Waals surface area contributed by atoms with E-state index in [1.165, 1.54) is 0 Å². The Kier molecular flexibility index (Phi) is 4.13. The number of carbonyl (C=O) groups excluding carboxylic acids is 1. The van der Waals surface area contributed by atoms with Crippen molar-refractivity contribution in [2.45, 2.75) is 12.8 Å². The third-order valence-corrected chi connectivity index (χ3v) is 2.12. The highest BCUT2D eigenvalue weighted by atomic mass is 16.3. The normalized spacial score (nSPS) is 12.4. The van der Waals surface area contributed by atoms with E-state index in [2.05, 4.69) is 0 Å². The summed E-state index contributed by atoms with van der Waals surface area (Å²) >= 11 is 0. The Labute approximate surface area is 83.6 Å². The zero-order valence-corrected chi connectivity index (χ0v) is 8.02. The van der Waals surface area contributed by atoms with Crippen LogP contribution in [-0.2, 0) is 11.2 Å². The minimum absolute atomic E-state index is 0.00215. The van der Waals surface area contributed by atoms with E-state index in [1.807, 2.05) is 30.3 Å². The molecule has 0 saturated heterocycles. The number of nitrogens with two attached hydrogens (primary N) is 1. The SMILES string of the molecule is NC(=O)CC(CO)Cc1ccccc1. The average Bonchev–Trinajstić information content (AvgIpc) is 2.17. The van der Waals surface area contributed by atoms with Gasteiger partial charge in [0.25, 0.3) is 0 Å². The second-order valence-electron chi connectivity index (χ2n) is 3.41. The first-order valence-corrected chi connectivity index (χ1v) is 4.65. The molecule has 1 rings (SSSR count). The van der Waals surface area contributed by atoms with Gasteiger partial charge in [-0.2, -0.15) is 0 Å². The number of rotatable bonds is 5. The van der Waals surface area contributed by atoms with Gasteiger partial charge in [-0.05, 0) is 17.9 Å². The van der Waals surface area contributed by atoms with E-state index in [9.17, 15) is 4.79 Å². The van der Waals surface area contributed by atoms with Crippen LogP contribution in [0.5, 0.6) is 0 Å². The molecule has 1 aromatic rings. The van der Waals surface area contributed by atoms with Crippen molar-refractivity contribution in [2.24, 2.45) is 11.7 Å². The Morgan fingerprint density at radius 2 is 2.00 bits per heavy atom. The van der Waals surface area contributed by atoms with Crippen LogP contribution in [0.4, 0.5) is 0 Å². The van der Waals surface area contributed by atoms with Crippen molar-refractivity contribution in [1.82, 2.24) is 0 Å². The standard InChI is InChI=1S/C11H15NO2/c12-11(14)7-10(8-13)6-9-4-2-1-3-5-9/h1-5,10,13H,6-8H2,(H2,12,14). The smallest absolute Gasteiger partial charge is 0.217 e. The molecule has 0 aliphatic rings. The summed E-state index contributed by atoms with van der Waals surface area (Å²) in [5.74, 6) is -0.421. The van der Waals surface area contributed by atoms with Crippen molar-refractivity contribution in [3.8, 4) is 0 Å². The lowest BCUT2D eigenvalue weighted by molar-refractivity contribution is -0.119. The number of primary amides is 1. The van der Waals surface area contributed by atoms with Crippen LogP contribution < -0.4 is 5.73 Å². The van der Waals surface area contributed by atoms with Crippen molar-refractivity contribution in [2.75, 3.05) is 6.61 Å². The van der Waals surface area contributed by atoms with E-state index in [0.29, 0.717) is 6.42 Å². The molecule has 0 spiro atoms. The van der Waals surface area contributed by atoms with E-state index in [1.54, 1.807) is 0 Å². The van der Waals surface area contributed by atoms with Crippen molar-refractivity contribution < 1.29 is 9.90 Å². The number of hydrogen-bond donors (Lipinski definition) is 2. The summed E-state index contributed by atoms with van der Waals surface area (Å²) in [6.07, 6.45) is 0.936. The van der Waals surface area contributed by atoms with Gasteiger partial charge in [0, 0.05) is 13.0 Å². The molecule has 0 heterocycles. The molecule has 1 atom stereocenters. The maximum atomic E-state index is 10.7. The van der Waals surface area contributed by atoms with Gasteiger partial charge in [-0.25, -0.2) is 0 Å². The first-order valence-electron chi connectivity index (χ1n) is 4.65. The van der Waals surface area contributed by atoms with E-state index in [4.69, 9.17) is 10.8 Å². The molecular weight excluding hydrogens is 178 g/mol. The van der Waals surface area contributed by atoms with Gasteiger partial charge >= 0.3 is 0 Å². The van der Waals surface area contributed by atoms with Crippen LogP contribution >= 0.6 is 0 Å².